The first kappa shape index (κ1) is 11.6. The molecule has 0 spiro atoms. The Bertz CT molecular complexity index is 542. The maximum Gasteiger partial charge on any atom is 0.113 e. The van der Waals surface area contributed by atoms with Crippen LogP contribution in [0.25, 0.3) is 11.0 Å². The van der Waals surface area contributed by atoms with Crippen molar-refractivity contribution >= 4 is 11.0 Å². The average molecular weight is 225 g/mol. The Labute approximate surface area is 101 Å². The van der Waals surface area contributed by atoms with Gasteiger partial charge in [-0.3, -0.25) is 10.3 Å². The van der Waals surface area contributed by atoms with Crippen LogP contribution in [0.15, 0.2) is 30.5 Å². The fourth-order valence-corrected chi connectivity index (χ4v) is 1.65. The van der Waals surface area contributed by atoms with Gasteiger partial charge in [-0.25, -0.2) is 4.98 Å². The van der Waals surface area contributed by atoms with E-state index >= 15 is 0 Å². The number of benzene rings is 1. The van der Waals surface area contributed by atoms with Crippen LogP contribution in [0.2, 0.25) is 0 Å². The molecule has 3 nitrogen and oxygen atoms in total. The molecule has 0 aliphatic heterocycles. The van der Waals surface area contributed by atoms with Crippen LogP contribution < -0.4 is 5.32 Å². The Morgan fingerprint density at radius 1 is 1.35 bits per heavy atom. The topological polar surface area (TPSA) is 37.8 Å². The average Bonchev–Trinajstić information content (AvgIpc) is 2.39. The van der Waals surface area contributed by atoms with Gasteiger partial charge in [-0.2, -0.15) is 0 Å². The van der Waals surface area contributed by atoms with E-state index in [2.05, 4.69) is 28.1 Å². The fraction of sp³-hybridized carbons (Fsp3) is 0.286. The first-order valence-electron chi connectivity index (χ1n) is 5.76. The van der Waals surface area contributed by atoms with Gasteiger partial charge < -0.3 is 0 Å². The van der Waals surface area contributed by atoms with E-state index in [1.807, 2.05) is 24.3 Å². The summed E-state index contributed by atoms with van der Waals surface area (Å²) in [6.45, 7) is 2.98. The zero-order valence-corrected chi connectivity index (χ0v) is 9.85. The first-order chi connectivity index (χ1) is 8.35. The lowest BCUT2D eigenvalue weighted by Gasteiger charge is -2.11. The fourth-order valence-electron chi connectivity index (χ4n) is 1.65. The lowest BCUT2D eigenvalue weighted by atomic mass is 10.2. The Balaban J connectivity index is 2.31. The lowest BCUT2D eigenvalue weighted by Crippen LogP contribution is -2.21. The van der Waals surface area contributed by atoms with Crippen molar-refractivity contribution in [2.75, 3.05) is 6.54 Å². The molecule has 86 valence electrons. The van der Waals surface area contributed by atoms with Gasteiger partial charge in [0.15, 0.2) is 0 Å². The molecule has 1 aromatic carbocycles. The molecule has 1 unspecified atom stereocenters. The minimum atomic E-state index is -0.160. The first-order valence-corrected chi connectivity index (χ1v) is 5.76. The zero-order valence-electron chi connectivity index (χ0n) is 9.85. The van der Waals surface area contributed by atoms with Gasteiger partial charge in [0.25, 0.3) is 0 Å². The number of aromatic nitrogens is 2. The maximum atomic E-state index is 5.51. The molecule has 1 heterocycles. The summed E-state index contributed by atoms with van der Waals surface area (Å²) in [5.41, 5.74) is 2.57. The molecule has 0 fully saturated rings. The molecular formula is C14H15N3. The van der Waals surface area contributed by atoms with Crippen molar-refractivity contribution in [2.24, 2.45) is 0 Å². The summed E-state index contributed by atoms with van der Waals surface area (Å²) < 4.78 is 0. The summed E-state index contributed by atoms with van der Waals surface area (Å²) in [5, 5.41) is 3.26. The van der Waals surface area contributed by atoms with Crippen LogP contribution in [0.5, 0.6) is 0 Å². The number of nitrogens with zero attached hydrogens (tertiary/aromatic N) is 2. The second-order valence-corrected chi connectivity index (χ2v) is 3.84. The molecule has 2 rings (SSSR count). The normalized spacial score (nSPS) is 12.2. The summed E-state index contributed by atoms with van der Waals surface area (Å²) in [7, 11) is 0. The highest BCUT2D eigenvalue weighted by atomic mass is 14.9. The van der Waals surface area contributed by atoms with Crippen LogP contribution in [0.3, 0.4) is 0 Å². The standard InChI is InChI=1S/C14H15N3/c1-3-9-15-11(4-2)14-10-16-12-7-5-6-8-13(12)17-14/h2,5-8,10-11,15H,3,9H2,1H3. The summed E-state index contributed by atoms with van der Waals surface area (Å²) >= 11 is 0. The highest BCUT2D eigenvalue weighted by molar-refractivity contribution is 5.73. The lowest BCUT2D eigenvalue weighted by molar-refractivity contribution is 0.614. The Hall–Kier alpha value is -1.92. The van der Waals surface area contributed by atoms with Gasteiger partial charge in [0.1, 0.15) is 6.04 Å². The van der Waals surface area contributed by atoms with Gasteiger partial charge in [-0.05, 0) is 25.1 Å². The van der Waals surface area contributed by atoms with Crippen LogP contribution in [-0.2, 0) is 0 Å². The molecule has 0 saturated carbocycles. The van der Waals surface area contributed by atoms with Crippen molar-refractivity contribution in [3.63, 3.8) is 0 Å². The van der Waals surface area contributed by atoms with E-state index in [1.54, 1.807) is 6.20 Å². The molecule has 1 N–H and O–H groups in total. The third kappa shape index (κ3) is 2.61. The molecule has 17 heavy (non-hydrogen) atoms. The monoisotopic (exact) mass is 225 g/mol. The van der Waals surface area contributed by atoms with Gasteiger partial charge in [-0.1, -0.05) is 25.0 Å². The van der Waals surface area contributed by atoms with E-state index in [9.17, 15) is 0 Å². The number of rotatable bonds is 4. The quantitative estimate of drug-likeness (QED) is 0.811. The van der Waals surface area contributed by atoms with E-state index in [1.165, 1.54) is 0 Å². The zero-order chi connectivity index (χ0) is 12.1. The minimum absolute atomic E-state index is 0.160. The number of hydrogen-bond donors (Lipinski definition) is 1. The number of fused-ring (bicyclic) bond motifs is 1. The van der Waals surface area contributed by atoms with Gasteiger partial charge in [-0.15, -0.1) is 6.42 Å². The second-order valence-electron chi connectivity index (χ2n) is 3.84. The molecule has 0 aliphatic carbocycles. The number of hydrogen-bond acceptors (Lipinski definition) is 3. The molecular weight excluding hydrogens is 210 g/mol. The number of para-hydroxylation sites is 2. The van der Waals surface area contributed by atoms with E-state index < -0.39 is 0 Å². The molecule has 1 aromatic heterocycles. The highest BCUT2D eigenvalue weighted by Gasteiger charge is 2.09. The van der Waals surface area contributed by atoms with Crippen molar-refractivity contribution in [1.82, 2.24) is 15.3 Å². The molecule has 0 amide bonds. The molecule has 1 atom stereocenters. The van der Waals surface area contributed by atoms with Crippen LogP contribution >= 0.6 is 0 Å². The SMILES string of the molecule is C#CC(NCCC)c1cnc2ccccc2n1. The molecule has 0 saturated heterocycles. The number of nitrogens with one attached hydrogen (secondary N) is 1. The molecule has 3 heteroatoms. The summed E-state index contributed by atoms with van der Waals surface area (Å²) in [5.74, 6) is 2.70. The summed E-state index contributed by atoms with van der Waals surface area (Å²) in [6, 6.07) is 7.62. The number of terminal acetylenes is 1. The third-order valence-corrected chi connectivity index (χ3v) is 2.53. The Morgan fingerprint density at radius 2 is 2.12 bits per heavy atom. The van der Waals surface area contributed by atoms with Crippen LogP contribution in [0.1, 0.15) is 25.1 Å². The smallest absolute Gasteiger partial charge is 0.113 e. The minimum Gasteiger partial charge on any atom is -0.299 e. The van der Waals surface area contributed by atoms with Crippen molar-refractivity contribution < 1.29 is 0 Å². The van der Waals surface area contributed by atoms with E-state index in [4.69, 9.17) is 6.42 Å². The molecule has 2 aromatic rings. The predicted octanol–water partition coefficient (Wildman–Crippen LogP) is 2.30. The van der Waals surface area contributed by atoms with Crippen LogP contribution in [0, 0.1) is 12.3 Å². The molecule has 0 aliphatic rings. The van der Waals surface area contributed by atoms with Gasteiger partial charge >= 0.3 is 0 Å². The van der Waals surface area contributed by atoms with Gasteiger partial charge in [0.2, 0.25) is 0 Å². The van der Waals surface area contributed by atoms with E-state index in [-0.39, 0.29) is 6.04 Å². The Morgan fingerprint density at radius 3 is 2.82 bits per heavy atom. The van der Waals surface area contributed by atoms with Crippen LogP contribution in [-0.4, -0.2) is 16.5 Å². The molecule has 0 radical (unpaired) electrons. The third-order valence-electron chi connectivity index (χ3n) is 2.53. The molecule has 0 bridgehead atoms. The van der Waals surface area contributed by atoms with Crippen molar-refractivity contribution in [2.45, 2.75) is 19.4 Å². The van der Waals surface area contributed by atoms with Crippen molar-refractivity contribution in [3.05, 3.63) is 36.2 Å². The summed E-state index contributed by atoms with van der Waals surface area (Å²) in [4.78, 5) is 8.89. The van der Waals surface area contributed by atoms with Gasteiger partial charge in [0, 0.05) is 0 Å². The predicted molar refractivity (Wildman–Crippen MR) is 69.4 cm³/mol. The summed E-state index contributed by atoms with van der Waals surface area (Å²) in [6.07, 6.45) is 8.30. The van der Waals surface area contributed by atoms with Gasteiger partial charge in [0.05, 0.1) is 22.9 Å². The highest BCUT2D eigenvalue weighted by Crippen LogP contribution is 2.13. The van der Waals surface area contributed by atoms with Crippen molar-refractivity contribution in [3.8, 4) is 12.3 Å². The largest absolute Gasteiger partial charge is 0.299 e. The maximum absolute atomic E-state index is 5.51. The Kier molecular flexibility index (Phi) is 3.69. The van der Waals surface area contributed by atoms with Crippen molar-refractivity contribution in [1.29, 1.82) is 0 Å². The van der Waals surface area contributed by atoms with Crippen LogP contribution in [0.4, 0.5) is 0 Å². The van der Waals surface area contributed by atoms with E-state index in [0.29, 0.717) is 0 Å². The van der Waals surface area contributed by atoms with E-state index in [0.717, 1.165) is 29.7 Å². The second kappa shape index (κ2) is 5.42.